The Kier molecular flexibility index (Phi) is 2.16. The van der Waals surface area contributed by atoms with E-state index in [-0.39, 0.29) is 0 Å². The minimum atomic E-state index is -0.591. The lowest BCUT2D eigenvalue weighted by atomic mass is 10.0. The maximum absolute atomic E-state index is 10.9. The zero-order chi connectivity index (χ0) is 12.2. The van der Waals surface area contributed by atoms with Crippen LogP contribution in [0.3, 0.4) is 0 Å². The lowest BCUT2D eigenvalue weighted by Crippen LogP contribution is -2.17. The van der Waals surface area contributed by atoms with Gasteiger partial charge in [0, 0.05) is 0 Å². The highest BCUT2D eigenvalue weighted by Gasteiger charge is 2.64. The molecule has 0 saturated heterocycles. The zero-order valence-electron chi connectivity index (χ0n) is 10.4. The van der Waals surface area contributed by atoms with Crippen LogP contribution in [-0.2, 0) is 5.60 Å². The maximum Gasteiger partial charge on any atom is 0.161 e. The number of hydrogen-bond donors (Lipinski definition) is 1. The molecule has 0 spiro atoms. The Morgan fingerprint density at radius 3 is 2.39 bits per heavy atom. The highest BCUT2D eigenvalue weighted by molar-refractivity contribution is 5.47. The highest BCUT2D eigenvalue weighted by Crippen LogP contribution is 2.64. The van der Waals surface area contributed by atoms with Gasteiger partial charge in [0.25, 0.3) is 0 Å². The summed E-state index contributed by atoms with van der Waals surface area (Å²) in [4.78, 5) is 0. The van der Waals surface area contributed by atoms with Crippen LogP contribution in [0.2, 0.25) is 0 Å². The number of hydrogen-bond acceptors (Lipinski definition) is 3. The third-order valence-corrected chi connectivity index (χ3v) is 4.79. The Morgan fingerprint density at radius 1 is 1.00 bits per heavy atom. The van der Waals surface area contributed by atoms with Gasteiger partial charge in [0.15, 0.2) is 11.5 Å². The van der Waals surface area contributed by atoms with Gasteiger partial charge in [0.05, 0.1) is 5.60 Å². The molecule has 3 heteroatoms. The van der Waals surface area contributed by atoms with E-state index in [1.807, 2.05) is 18.2 Å². The van der Waals surface area contributed by atoms with Gasteiger partial charge in [-0.2, -0.15) is 0 Å². The van der Waals surface area contributed by atoms with Crippen molar-refractivity contribution in [1.82, 2.24) is 0 Å². The third-order valence-electron chi connectivity index (χ3n) is 4.79. The summed E-state index contributed by atoms with van der Waals surface area (Å²) in [5.41, 5.74) is 0.426. The van der Waals surface area contributed by atoms with E-state index in [1.165, 1.54) is 12.8 Å². The first-order chi connectivity index (χ1) is 8.80. The quantitative estimate of drug-likeness (QED) is 0.827. The Bertz CT molecular complexity index is 471. The second-order valence-electron chi connectivity index (χ2n) is 5.68. The van der Waals surface area contributed by atoms with Gasteiger partial charge in [-0.15, -0.1) is 0 Å². The maximum atomic E-state index is 10.9. The van der Waals surface area contributed by atoms with Crippen molar-refractivity contribution in [3.8, 4) is 11.5 Å². The van der Waals surface area contributed by atoms with Crippen LogP contribution in [0, 0.1) is 11.8 Å². The average molecular weight is 246 g/mol. The lowest BCUT2D eigenvalue weighted by molar-refractivity contribution is 0.116. The lowest BCUT2D eigenvalue weighted by Gasteiger charge is -2.20. The molecule has 2 unspecified atom stereocenters. The van der Waals surface area contributed by atoms with E-state index in [1.54, 1.807) is 0 Å². The van der Waals surface area contributed by atoms with E-state index in [2.05, 4.69) is 0 Å². The molecule has 0 bridgehead atoms. The van der Waals surface area contributed by atoms with Gasteiger partial charge in [0.1, 0.15) is 13.2 Å². The van der Waals surface area contributed by atoms with Crippen molar-refractivity contribution in [1.29, 1.82) is 0 Å². The van der Waals surface area contributed by atoms with Crippen LogP contribution < -0.4 is 9.47 Å². The van der Waals surface area contributed by atoms with Gasteiger partial charge >= 0.3 is 0 Å². The molecule has 2 fully saturated rings. The normalized spacial score (nSPS) is 36.9. The molecule has 1 aliphatic heterocycles. The van der Waals surface area contributed by atoms with E-state index < -0.39 is 5.60 Å². The number of rotatable bonds is 1. The molecule has 4 rings (SSSR count). The van der Waals surface area contributed by atoms with Crippen molar-refractivity contribution in [2.45, 2.75) is 31.3 Å². The highest BCUT2D eigenvalue weighted by atomic mass is 16.6. The van der Waals surface area contributed by atoms with Crippen molar-refractivity contribution >= 4 is 0 Å². The first-order valence-electron chi connectivity index (χ1n) is 6.92. The first-order valence-corrected chi connectivity index (χ1v) is 6.92. The van der Waals surface area contributed by atoms with Crippen molar-refractivity contribution < 1.29 is 14.6 Å². The van der Waals surface area contributed by atoms with E-state index in [0.29, 0.717) is 25.0 Å². The SMILES string of the molecule is OC1(c2ccc3c(c2)OCCO3)C2CCCCC21. The van der Waals surface area contributed by atoms with E-state index in [0.717, 1.165) is 29.9 Å². The molecule has 1 N–H and O–H groups in total. The van der Waals surface area contributed by atoms with Crippen LogP contribution >= 0.6 is 0 Å². The van der Waals surface area contributed by atoms with Crippen LogP contribution in [0.4, 0.5) is 0 Å². The second-order valence-corrected chi connectivity index (χ2v) is 5.68. The average Bonchev–Trinajstić information content (AvgIpc) is 3.06. The van der Waals surface area contributed by atoms with Crippen molar-refractivity contribution in [3.05, 3.63) is 23.8 Å². The summed E-state index contributed by atoms with van der Waals surface area (Å²) in [6.45, 7) is 1.21. The molecule has 18 heavy (non-hydrogen) atoms. The molecule has 0 radical (unpaired) electrons. The monoisotopic (exact) mass is 246 g/mol. The molecule has 3 aliphatic rings. The topological polar surface area (TPSA) is 38.7 Å². The van der Waals surface area contributed by atoms with Crippen LogP contribution in [0.25, 0.3) is 0 Å². The number of fused-ring (bicyclic) bond motifs is 2. The zero-order valence-corrected chi connectivity index (χ0v) is 10.4. The summed E-state index contributed by atoms with van der Waals surface area (Å²) in [6, 6.07) is 5.92. The van der Waals surface area contributed by atoms with Gasteiger partial charge in [-0.25, -0.2) is 0 Å². The third kappa shape index (κ3) is 1.34. The Hall–Kier alpha value is -1.22. The Morgan fingerprint density at radius 2 is 1.67 bits per heavy atom. The molecule has 2 aliphatic carbocycles. The second kappa shape index (κ2) is 3.64. The molecule has 1 heterocycles. The summed E-state index contributed by atoms with van der Waals surface area (Å²) in [7, 11) is 0. The molecular formula is C15H18O3. The van der Waals surface area contributed by atoms with Crippen LogP contribution in [0.5, 0.6) is 11.5 Å². The molecule has 3 nitrogen and oxygen atoms in total. The fourth-order valence-electron chi connectivity index (χ4n) is 3.81. The fraction of sp³-hybridized carbons (Fsp3) is 0.600. The van der Waals surface area contributed by atoms with Crippen molar-refractivity contribution in [2.24, 2.45) is 11.8 Å². The van der Waals surface area contributed by atoms with Crippen molar-refractivity contribution in [3.63, 3.8) is 0 Å². The summed E-state index contributed by atoms with van der Waals surface area (Å²) < 4.78 is 11.1. The minimum absolute atomic E-state index is 0.466. The van der Waals surface area contributed by atoms with Crippen LogP contribution in [-0.4, -0.2) is 18.3 Å². The fourth-order valence-corrected chi connectivity index (χ4v) is 3.81. The van der Waals surface area contributed by atoms with E-state index in [4.69, 9.17) is 9.47 Å². The summed E-state index contributed by atoms with van der Waals surface area (Å²) >= 11 is 0. The number of aliphatic hydroxyl groups is 1. The molecule has 96 valence electrons. The van der Waals surface area contributed by atoms with Crippen LogP contribution in [0.1, 0.15) is 31.2 Å². The number of ether oxygens (including phenoxy) is 2. The number of benzene rings is 1. The smallest absolute Gasteiger partial charge is 0.161 e. The van der Waals surface area contributed by atoms with Gasteiger partial charge in [-0.1, -0.05) is 18.9 Å². The first kappa shape index (κ1) is 10.7. The Labute approximate surface area is 107 Å². The molecule has 0 amide bonds. The van der Waals surface area contributed by atoms with Gasteiger partial charge in [0.2, 0.25) is 0 Å². The molecule has 1 aromatic carbocycles. The summed E-state index contributed by atoms with van der Waals surface area (Å²) in [5.74, 6) is 2.52. The predicted octanol–water partition coefficient (Wildman–Crippen LogP) is 2.47. The molecule has 2 atom stereocenters. The van der Waals surface area contributed by atoms with Gasteiger partial charge in [-0.3, -0.25) is 0 Å². The largest absolute Gasteiger partial charge is 0.486 e. The van der Waals surface area contributed by atoms with E-state index in [9.17, 15) is 5.11 Å². The van der Waals surface area contributed by atoms with E-state index >= 15 is 0 Å². The standard InChI is InChI=1S/C15H18O3/c16-15(11-3-1-2-4-12(11)15)10-5-6-13-14(9-10)18-8-7-17-13/h5-6,9,11-12,16H,1-4,7-8H2. The molecule has 1 aromatic rings. The van der Waals surface area contributed by atoms with Crippen LogP contribution in [0.15, 0.2) is 18.2 Å². The van der Waals surface area contributed by atoms with Gasteiger partial charge in [-0.05, 0) is 42.4 Å². The predicted molar refractivity (Wildman–Crippen MR) is 66.8 cm³/mol. The minimum Gasteiger partial charge on any atom is -0.486 e. The van der Waals surface area contributed by atoms with Gasteiger partial charge < -0.3 is 14.6 Å². The summed E-state index contributed by atoms with van der Waals surface area (Å²) in [5, 5.41) is 10.9. The molecule has 2 saturated carbocycles. The molecular weight excluding hydrogens is 228 g/mol. The van der Waals surface area contributed by atoms with Crippen molar-refractivity contribution in [2.75, 3.05) is 13.2 Å². The Balaban J connectivity index is 1.69. The molecule has 0 aromatic heterocycles. The summed E-state index contributed by atoms with van der Waals surface area (Å²) in [6.07, 6.45) is 4.84.